The number of amidine groups is 2. The summed E-state index contributed by atoms with van der Waals surface area (Å²) in [7, 11) is 0. The molecule has 2 heterocycles. The minimum atomic E-state index is -0.459. The van der Waals surface area contributed by atoms with Gasteiger partial charge >= 0.3 is 0 Å². The lowest BCUT2D eigenvalue weighted by Crippen LogP contribution is -2.35. The van der Waals surface area contributed by atoms with Gasteiger partial charge in [0.25, 0.3) is 5.91 Å². The first-order chi connectivity index (χ1) is 18.5. The molecule has 1 N–H and O–H groups in total. The number of aliphatic imine (C=N–C) groups is 1. The van der Waals surface area contributed by atoms with E-state index in [1.165, 1.54) is 36.0 Å². The molecule has 2 aliphatic heterocycles. The van der Waals surface area contributed by atoms with E-state index in [9.17, 15) is 10.1 Å². The molecular formula is C29H31N5O3S. The molecule has 0 unspecified atom stereocenters. The fraction of sp³-hybridized carbons (Fsp3) is 0.345. The number of hydrogen-bond donors (Lipinski definition) is 1. The van der Waals surface area contributed by atoms with E-state index in [4.69, 9.17) is 14.9 Å². The summed E-state index contributed by atoms with van der Waals surface area (Å²) < 4.78 is 11.8. The third kappa shape index (κ3) is 6.50. The molecule has 2 aliphatic rings. The first-order valence-electron chi connectivity index (χ1n) is 12.9. The highest BCUT2D eigenvalue weighted by molar-refractivity contribution is 8.26. The highest BCUT2D eigenvalue weighted by Crippen LogP contribution is 2.33. The first kappa shape index (κ1) is 27.1. The minimum Gasteiger partial charge on any atom is -0.490 e. The van der Waals surface area contributed by atoms with Crippen LogP contribution in [0, 0.1) is 16.7 Å². The predicted molar refractivity (Wildman–Crippen MR) is 151 cm³/mol. The van der Waals surface area contributed by atoms with Crippen molar-refractivity contribution in [2.24, 2.45) is 10.1 Å². The maximum Gasteiger partial charge on any atom is 0.283 e. The largest absolute Gasteiger partial charge is 0.490 e. The van der Waals surface area contributed by atoms with Crippen LogP contribution in [-0.4, -0.2) is 33.6 Å². The molecule has 196 valence electrons. The van der Waals surface area contributed by atoms with Crippen molar-refractivity contribution in [3.05, 3.63) is 64.7 Å². The summed E-state index contributed by atoms with van der Waals surface area (Å²) in [4.78, 5) is 17.0. The molecule has 2 aromatic rings. The molecule has 0 aliphatic carbocycles. The number of carbonyl (C=O) groups excluding carboxylic acids is 1. The van der Waals surface area contributed by atoms with Crippen LogP contribution in [0.3, 0.4) is 0 Å². The number of carbonyl (C=O) groups is 1. The number of nitrogens with zero attached hydrogens (tertiary/aromatic N) is 4. The standard InChI is InChI=1S/C29H31N5O3S/c1-3-5-6-7-8-13-26-33-34-27(31)23(28(35)32-29(34)38-26)16-20-14-15-24(25(17-20)36-4-2)37-19-22-12-10-9-11-21(22)18-30/h9-12,14-17,31H,3-8,13,19H2,1-2H3/b23-16-,31-27?. The van der Waals surface area contributed by atoms with Crippen molar-refractivity contribution in [3.8, 4) is 17.6 Å². The number of rotatable bonds is 12. The molecule has 0 fully saturated rings. The molecule has 0 atom stereocenters. The molecule has 0 saturated heterocycles. The van der Waals surface area contributed by atoms with E-state index < -0.39 is 5.91 Å². The summed E-state index contributed by atoms with van der Waals surface area (Å²) >= 11 is 1.37. The minimum absolute atomic E-state index is 0.0138. The highest BCUT2D eigenvalue weighted by atomic mass is 32.2. The Balaban J connectivity index is 1.49. The average molecular weight is 530 g/mol. The van der Waals surface area contributed by atoms with E-state index >= 15 is 0 Å². The van der Waals surface area contributed by atoms with E-state index in [1.54, 1.807) is 30.3 Å². The van der Waals surface area contributed by atoms with E-state index in [-0.39, 0.29) is 18.0 Å². The normalized spacial score (nSPS) is 15.7. The zero-order chi connectivity index (χ0) is 26.9. The Hall–Kier alpha value is -3.90. The predicted octanol–water partition coefficient (Wildman–Crippen LogP) is 6.52. The second-order valence-electron chi connectivity index (χ2n) is 8.87. The first-order valence-corrected chi connectivity index (χ1v) is 13.7. The highest BCUT2D eigenvalue weighted by Gasteiger charge is 2.35. The Morgan fingerprint density at radius 2 is 1.89 bits per heavy atom. The SMILES string of the molecule is CCCCCCCC1=NN2C(=N)/C(=C/c3ccc(OCc4ccccc4C#N)c(OCC)c3)C(=O)N=C2S1. The van der Waals surface area contributed by atoms with Crippen LogP contribution in [0.4, 0.5) is 0 Å². The lowest BCUT2D eigenvalue weighted by atomic mass is 10.1. The van der Waals surface area contributed by atoms with Crippen molar-refractivity contribution in [1.29, 1.82) is 10.7 Å². The van der Waals surface area contributed by atoms with Crippen LogP contribution in [-0.2, 0) is 11.4 Å². The fourth-order valence-electron chi connectivity index (χ4n) is 4.09. The summed E-state index contributed by atoms with van der Waals surface area (Å²) in [6.45, 7) is 4.71. The number of hydrazone groups is 1. The zero-order valence-corrected chi connectivity index (χ0v) is 22.5. The number of nitriles is 1. The van der Waals surface area contributed by atoms with Gasteiger partial charge in [0, 0.05) is 5.56 Å². The molecule has 0 radical (unpaired) electrons. The van der Waals surface area contributed by atoms with Gasteiger partial charge in [0.15, 0.2) is 17.3 Å². The van der Waals surface area contributed by atoms with Crippen molar-refractivity contribution in [2.45, 2.75) is 59.0 Å². The second kappa shape index (κ2) is 13.1. The van der Waals surface area contributed by atoms with Crippen LogP contribution in [0.25, 0.3) is 6.08 Å². The van der Waals surface area contributed by atoms with E-state index in [2.05, 4.69) is 23.1 Å². The number of fused-ring (bicyclic) bond motifs is 1. The molecule has 0 spiro atoms. The summed E-state index contributed by atoms with van der Waals surface area (Å²) in [5.41, 5.74) is 2.18. The Morgan fingerprint density at radius 1 is 1.08 bits per heavy atom. The van der Waals surface area contributed by atoms with Crippen molar-refractivity contribution < 1.29 is 14.3 Å². The lowest BCUT2D eigenvalue weighted by molar-refractivity contribution is -0.114. The number of benzene rings is 2. The van der Waals surface area contributed by atoms with Crippen LogP contribution in [0.5, 0.6) is 11.5 Å². The molecule has 1 amide bonds. The number of nitrogens with one attached hydrogen (secondary N) is 1. The summed E-state index contributed by atoms with van der Waals surface area (Å²) in [5.74, 6) is 0.589. The summed E-state index contributed by atoms with van der Waals surface area (Å²) in [5, 5.41) is 25.3. The number of thioether (sulfide) groups is 1. The maximum atomic E-state index is 12.8. The van der Waals surface area contributed by atoms with Gasteiger partial charge in [-0.05, 0) is 61.4 Å². The topological polar surface area (TPSA) is 111 Å². The van der Waals surface area contributed by atoms with Gasteiger partial charge in [-0.15, -0.1) is 0 Å². The Kier molecular flexibility index (Phi) is 9.33. The van der Waals surface area contributed by atoms with Gasteiger partial charge in [-0.1, -0.05) is 56.9 Å². The van der Waals surface area contributed by atoms with Crippen LogP contribution in [0.2, 0.25) is 0 Å². The lowest BCUT2D eigenvalue weighted by Gasteiger charge is -2.20. The van der Waals surface area contributed by atoms with Gasteiger partial charge in [0.2, 0.25) is 5.17 Å². The molecule has 2 aromatic carbocycles. The van der Waals surface area contributed by atoms with Gasteiger partial charge in [0.1, 0.15) is 11.7 Å². The third-order valence-corrected chi connectivity index (χ3v) is 7.06. The maximum absolute atomic E-state index is 12.8. The van der Waals surface area contributed by atoms with Crippen molar-refractivity contribution >= 4 is 39.8 Å². The van der Waals surface area contributed by atoms with Crippen LogP contribution in [0.15, 0.2) is 58.1 Å². The number of amides is 1. The Labute approximate surface area is 227 Å². The van der Waals surface area contributed by atoms with E-state index in [1.807, 2.05) is 25.1 Å². The van der Waals surface area contributed by atoms with Crippen LogP contribution in [0.1, 0.15) is 69.1 Å². The second-order valence-corrected chi connectivity index (χ2v) is 9.92. The van der Waals surface area contributed by atoms with Gasteiger partial charge in [0.05, 0.1) is 23.8 Å². The molecule has 0 saturated carbocycles. The van der Waals surface area contributed by atoms with Gasteiger partial charge in [-0.3, -0.25) is 10.2 Å². The summed E-state index contributed by atoms with van der Waals surface area (Å²) in [6, 6.07) is 14.8. The zero-order valence-electron chi connectivity index (χ0n) is 21.7. The quantitative estimate of drug-likeness (QED) is 0.248. The smallest absolute Gasteiger partial charge is 0.283 e. The molecule has 0 bridgehead atoms. The molecule has 4 rings (SSSR count). The van der Waals surface area contributed by atoms with E-state index in [0.717, 1.165) is 29.9 Å². The van der Waals surface area contributed by atoms with Crippen molar-refractivity contribution in [3.63, 3.8) is 0 Å². The van der Waals surface area contributed by atoms with Crippen LogP contribution >= 0.6 is 11.8 Å². The van der Waals surface area contributed by atoms with Gasteiger partial charge in [-0.2, -0.15) is 20.4 Å². The summed E-state index contributed by atoms with van der Waals surface area (Å²) in [6.07, 6.45) is 8.28. The number of unbranched alkanes of at least 4 members (excludes halogenated alkanes) is 4. The number of hydrogen-bond acceptors (Lipinski definition) is 7. The van der Waals surface area contributed by atoms with Gasteiger partial charge < -0.3 is 9.47 Å². The number of ether oxygens (including phenoxy) is 2. The molecule has 38 heavy (non-hydrogen) atoms. The van der Waals surface area contributed by atoms with Gasteiger partial charge in [-0.25, -0.2) is 0 Å². The monoisotopic (exact) mass is 529 g/mol. The van der Waals surface area contributed by atoms with Crippen molar-refractivity contribution in [1.82, 2.24) is 5.01 Å². The molecule has 8 nitrogen and oxygen atoms in total. The molecule has 9 heteroatoms. The fourth-order valence-corrected chi connectivity index (χ4v) is 5.02. The van der Waals surface area contributed by atoms with E-state index in [0.29, 0.717) is 34.4 Å². The molecule has 0 aromatic heterocycles. The Morgan fingerprint density at radius 3 is 2.68 bits per heavy atom. The van der Waals surface area contributed by atoms with Crippen LogP contribution < -0.4 is 9.47 Å². The third-order valence-electron chi connectivity index (χ3n) is 6.09. The average Bonchev–Trinajstić information content (AvgIpc) is 3.33. The van der Waals surface area contributed by atoms with Crippen molar-refractivity contribution in [2.75, 3.05) is 6.61 Å². The molecular weight excluding hydrogens is 498 g/mol. The Bertz CT molecular complexity index is 1340.